The normalized spacial score (nSPS) is 10.2. The molecule has 2 rings (SSSR count). The van der Waals surface area contributed by atoms with E-state index in [1.165, 1.54) is 0 Å². The summed E-state index contributed by atoms with van der Waals surface area (Å²) < 4.78 is 0. The van der Waals surface area contributed by atoms with Crippen molar-refractivity contribution in [1.29, 1.82) is 5.26 Å². The van der Waals surface area contributed by atoms with Crippen LogP contribution in [-0.4, -0.2) is 4.98 Å². The Hall–Kier alpha value is -2.40. The Bertz CT molecular complexity index is 536. The quantitative estimate of drug-likeness (QED) is 0.756. The van der Waals surface area contributed by atoms with Crippen molar-refractivity contribution < 1.29 is 0 Å². The zero-order valence-corrected chi connectivity index (χ0v) is 8.67. The van der Waals surface area contributed by atoms with Crippen LogP contribution in [0.3, 0.4) is 0 Å². The van der Waals surface area contributed by atoms with Crippen molar-refractivity contribution in [1.82, 2.24) is 4.98 Å². The van der Waals surface area contributed by atoms with Gasteiger partial charge in [0.25, 0.3) is 0 Å². The SMILES string of the molecule is N#Cc1cnccc1C=Cc1ccccc1. The summed E-state index contributed by atoms with van der Waals surface area (Å²) in [6.07, 6.45) is 7.17. The first-order chi connectivity index (χ1) is 7.90. The number of hydrogen-bond donors (Lipinski definition) is 0. The van der Waals surface area contributed by atoms with E-state index in [1.54, 1.807) is 12.4 Å². The molecule has 0 saturated heterocycles. The lowest BCUT2D eigenvalue weighted by molar-refractivity contribution is 1.29. The number of pyridine rings is 1. The van der Waals surface area contributed by atoms with Gasteiger partial charge in [-0.05, 0) is 17.2 Å². The molecule has 0 radical (unpaired) electrons. The highest BCUT2D eigenvalue weighted by molar-refractivity contribution is 5.72. The third-order valence-electron chi connectivity index (χ3n) is 2.23. The Balaban J connectivity index is 2.28. The average Bonchev–Trinajstić information content (AvgIpc) is 2.38. The summed E-state index contributed by atoms with van der Waals surface area (Å²) in [5, 5.41) is 8.89. The summed E-state index contributed by atoms with van der Waals surface area (Å²) >= 11 is 0. The molecule has 0 spiro atoms. The molecule has 0 aliphatic heterocycles. The summed E-state index contributed by atoms with van der Waals surface area (Å²) in [5.74, 6) is 0. The molecule has 1 heterocycles. The molecule has 0 bridgehead atoms. The van der Waals surface area contributed by atoms with E-state index in [-0.39, 0.29) is 0 Å². The molecule has 0 atom stereocenters. The molecule has 0 fully saturated rings. The first-order valence-corrected chi connectivity index (χ1v) is 4.97. The van der Waals surface area contributed by atoms with Gasteiger partial charge < -0.3 is 0 Å². The maximum atomic E-state index is 8.89. The number of rotatable bonds is 2. The smallest absolute Gasteiger partial charge is 0.101 e. The Kier molecular flexibility index (Phi) is 3.10. The summed E-state index contributed by atoms with van der Waals surface area (Å²) in [7, 11) is 0. The van der Waals surface area contributed by atoms with Gasteiger partial charge in [0, 0.05) is 12.4 Å². The second-order valence-corrected chi connectivity index (χ2v) is 3.32. The van der Waals surface area contributed by atoms with Crippen molar-refractivity contribution in [3.8, 4) is 6.07 Å². The van der Waals surface area contributed by atoms with Gasteiger partial charge in [0.15, 0.2) is 0 Å². The number of nitriles is 1. The maximum Gasteiger partial charge on any atom is 0.101 e. The Morgan fingerprint density at radius 1 is 1.06 bits per heavy atom. The number of benzene rings is 1. The number of hydrogen-bond acceptors (Lipinski definition) is 2. The van der Waals surface area contributed by atoms with Crippen LogP contribution in [0.1, 0.15) is 16.7 Å². The van der Waals surface area contributed by atoms with E-state index in [0.717, 1.165) is 11.1 Å². The summed E-state index contributed by atoms with van der Waals surface area (Å²) in [5.41, 5.74) is 2.60. The van der Waals surface area contributed by atoms with Gasteiger partial charge in [-0.3, -0.25) is 4.98 Å². The zero-order chi connectivity index (χ0) is 11.2. The fraction of sp³-hybridized carbons (Fsp3) is 0. The minimum absolute atomic E-state index is 0.592. The Morgan fingerprint density at radius 3 is 2.62 bits per heavy atom. The van der Waals surface area contributed by atoms with Crippen molar-refractivity contribution in [3.05, 3.63) is 65.5 Å². The molecular formula is C14H10N2. The van der Waals surface area contributed by atoms with Gasteiger partial charge in [-0.2, -0.15) is 5.26 Å². The summed E-state index contributed by atoms with van der Waals surface area (Å²) in [6.45, 7) is 0. The topological polar surface area (TPSA) is 36.7 Å². The van der Waals surface area contributed by atoms with Crippen LogP contribution in [0.5, 0.6) is 0 Å². The van der Waals surface area contributed by atoms with E-state index in [4.69, 9.17) is 5.26 Å². The molecule has 16 heavy (non-hydrogen) atoms. The van der Waals surface area contributed by atoms with E-state index in [1.807, 2.05) is 48.6 Å². The van der Waals surface area contributed by atoms with Crippen molar-refractivity contribution in [2.75, 3.05) is 0 Å². The fourth-order valence-electron chi connectivity index (χ4n) is 1.39. The van der Waals surface area contributed by atoms with Gasteiger partial charge in [-0.15, -0.1) is 0 Å². The molecule has 0 aliphatic carbocycles. The predicted octanol–water partition coefficient (Wildman–Crippen LogP) is 3.12. The third kappa shape index (κ3) is 2.34. The number of aromatic nitrogens is 1. The summed E-state index contributed by atoms with van der Waals surface area (Å²) in [4.78, 5) is 3.91. The standard InChI is InChI=1S/C14H10N2/c15-10-14-11-16-9-8-13(14)7-6-12-4-2-1-3-5-12/h1-9,11H. The van der Waals surface area contributed by atoms with Crippen LogP contribution in [0.2, 0.25) is 0 Å². The van der Waals surface area contributed by atoms with Gasteiger partial charge in [-0.25, -0.2) is 0 Å². The van der Waals surface area contributed by atoms with Crippen LogP contribution < -0.4 is 0 Å². The molecule has 2 heteroatoms. The van der Waals surface area contributed by atoms with Gasteiger partial charge in [0.1, 0.15) is 6.07 Å². The Morgan fingerprint density at radius 2 is 1.88 bits per heavy atom. The molecule has 1 aromatic carbocycles. The number of nitrogens with zero attached hydrogens (tertiary/aromatic N) is 2. The first kappa shape index (κ1) is 10.1. The second-order valence-electron chi connectivity index (χ2n) is 3.32. The highest BCUT2D eigenvalue weighted by Gasteiger charge is 1.96. The summed E-state index contributed by atoms with van der Waals surface area (Å²) in [6, 6.07) is 13.9. The zero-order valence-electron chi connectivity index (χ0n) is 8.67. The van der Waals surface area contributed by atoms with Crippen LogP contribution in [0, 0.1) is 11.3 Å². The van der Waals surface area contributed by atoms with Gasteiger partial charge in [0.05, 0.1) is 5.56 Å². The molecule has 2 nitrogen and oxygen atoms in total. The maximum absolute atomic E-state index is 8.89. The fourth-order valence-corrected chi connectivity index (χ4v) is 1.39. The minimum atomic E-state index is 0.592. The van der Waals surface area contributed by atoms with Gasteiger partial charge in [-0.1, -0.05) is 42.5 Å². The van der Waals surface area contributed by atoms with Crippen molar-refractivity contribution in [3.63, 3.8) is 0 Å². The highest BCUT2D eigenvalue weighted by atomic mass is 14.6. The van der Waals surface area contributed by atoms with E-state index in [2.05, 4.69) is 11.1 Å². The molecular weight excluding hydrogens is 196 g/mol. The minimum Gasteiger partial charge on any atom is -0.263 e. The van der Waals surface area contributed by atoms with Crippen LogP contribution in [0.25, 0.3) is 12.2 Å². The molecule has 0 unspecified atom stereocenters. The molecule has 0 N–H and O–H groups in total. The molecule has 0 saturated carbocycles. The van der Waals surface area contributed by atoms with E-state index in [9.17, 15) is 0 Å². The van der Waals surface area contributed by atoms with Crippen LogP contribution in [-0.2, 0) is 0 Å². The van der Waals surface area contributed by atoms with Crippen LogP contribution >= 0.6 is 0 Å². The van der Waals surface area contributed by atoms with Crippen LogP contribution in [0.15, 0.2) is 48.8 Å². The van der Waals surface area contributed by atoms with Gasteiger partial charge >= 0.3 is 0 Å². The average molecular weight is 206 g/mol. The third-order valence-corrected chi connectivity index (χ3v) is 2.23. The predicted molar refractivity (Wildman–Crippen MR) is 64.3 cm³/mol. The lowest BCUT2D eigenvalue weighted by Crippen LogP contribution is -1.82. The van der Waals surface area contributed by atoms with Crippen molar-refractivity contribution >= 4 is 12.2 Å². The molecule has 0 amide bonds. The van der Waals surface area contributed by atoms with E-state index < -0.39 is 0 Å². The van der Waals surface area contributed by atoms with Crippen molar-refractivity contribution in [2.24, 2.45) is 0 Å². The molecule has 76 valence electrons. The van der Waals surface area contributed by atoms with Gasteiger partial charge in [0.2, 0.25) is 0 Å². The lowest BCUT2D eigenvalue weighted by atomic mass is 10.1. The molecule has 2 aromatic rings. The van der Waals surface area contributed by atoms with E-state index >= 15 is 0 Å². The second kappa shape index (κ2) is 4.90. The largest absolute Gasteiger partial charge is 0.263 e. The monoisotopic (exact) mass is 206 g/mol. The van der Waals surface area contributed by atoms with Crippen molar-refractivity contribution in [2.45, 2.75) is 0 Å². The first-order valence-electron chi connectivity index (χ1n) is 4.97. The molecule has 1 aromatic heterocycles. The van der Waals surface area contributed by atoms with Crippen LogP contribution in [0.4, 0.5) is 0 Å². The van der Waals surface area contributed by atoms with E-state index in [0.29, 0.717) is 5.56 Å². The lowest BCUT2D eigenvalue weighted by Gasteiger charge is -1.96. The Labute approximate surface area is 94.5 Å². The molecule has 0 aliphatic rings. The highest BCUT2D eigenvalue weighted by Crippen LogP contribution is 2.10.